The highest BCUT2D eigenvalue weighted by atomic mass is 32.2. The van der Waals surface area contributed by atoms with Crippen molar-refractivity contribution in [2.75, 3.05) is 13.2 Å². The zero-order chi connectivity index (χ0) is 27.3. The van der Waals surface area contributed by atoms with E-state index in [1.54, 1.807) is 20.8 Å². The molecule has 1 heterocycles. The highest BCUT2D eigenvalue weighted by molar-refractivity contribution is 7.87. The van der Waals surface area contributed by atoms with E-state index in [0.717, 1.165) is 6.92 Å². The first-order valence-corrected chi connectivity index (χ1v) is 13.0. The first kappa shape index (κ1) is 27.3. The van der Waals surface area contributed by atoms with Gasteiger partial charge in [-0.25, -0.2) is 0 Å². The lowest BCUT2D eigenvalue weighted by Crippen LogP contribution is -2.78. The van der Waals surface area contributed by atoms with E-state index in [2.05, 4.69) is 4.18 Å². The van der Waals surface area contributed by atoms with Crippen LogP contribution in [0.5, 0.6) is 0 Å². The number of rotatable bonds is 6. The summed E-state index contributed by atoms with van der Waals surface area (Å²) in [6.45, 7) is 7.29. The number of fused-ring (bicyclic) bond motifs is 2. The van der Waals surface area contributed by atoms with Crippen LogP contribution in [0.25, 0.3) is 0 Å². The number of hydrogen-bond acceptors (Lipinski definition) is 10. The quantitative estimate of drug-likeness (QED) is 0.288. The summed E-state index contributed by atoms with van der Waals surface area (Å²) in [4.78, 5) is 26.7. The fourth-order valence-electron chi connectivity index (χ4n) is 7.30. The summed E-state index contributed by atoms with van der Waals surface area (Å²) in [6.07, 6.45) is -1.34. The van der Waals surface area contributed by atoms with Crippen molar-refractivity contribution in [1.82, 2.24) is 0 Å². The maximum absolute atomic E-state index is 13.7. The number of carbonyl (C=O) groups is 2. The second-order valence-electron chi connectivity index (χ2n) is 10.1. The molecule has 0 aromatic heterocycles. The van der Waals surface area contributed by atoms with Gasteiger partial charge >= 0.3 is 21.6 Å². The Morgan fingerprint density at radius 1 is 1.14 bits per heavy atom. The highest BCUT2D eigenvalue weighted by Gasteiger charge is 2.98. The molecule has 7 atom stereocenters. The molecule has 0 spiro atoms. The molecule has 0 radical (unpaired) electrons. The minimum atomic E-state index is -6.35. The summed E-state index contributed by atoms with van der Waals surface area (Å²) < 4.78 is 85.3. The van der Waals surface area contributed by atoms with Gasteiger partial charge in [0.05, 0.1) is 11.8 Å². The topological polar surface area (TPSA) is 146 Å². The van der Waals surface area contributed by atoms with E-state index in [0.29, 0.717) is 6.42 Å². The Morgan fingerprint density at radius 2 is 1.75 bits per heavy atom. The molecule has 4 aliphatic rings. The molecule has 5 unspecified atom stereocenters. The van der Waals surface area contributed by atoms with Gasteiger partial charge in [-0.2, -0.15) is 21.6 Å². The SMILES string of the molecule is CCOC1C(C)CCC2(OCC)C13OC(=O)C[C@]2(C)[C@@]1(O)C(=O)C(OS(=O)(=O)C(F)(F)F)=C(C)C31O. The minimum Gasteiger partial charge on any atom is -0.449 e. The number of ketones is 1. The fourth-order valence-corrected chi connectivity index (χ4v) is 7.81. The molecule has 204 valence electrons. The molecular weight excluding hydrogens is 513 g/mol. The van der Waals surface area contributed by atoms with Crippen LogP contribution in [0.2, 0.25) is 0 Å². The van der Waals surface area contributed by atoms with Crippen LogP contribution >= 0.6 is 0 Å². The number of hydrogen-bond donors (Lipinski definition) is 2. The first-order valence-electron chi connectivity index (χ1n) is 11.6. The molecule has 1 saturated heterocycles. The van der Waals surface area contributed by atoms with E-state index in [-0.39, 0.29) is 19.6 Å². The summed E-state index contributed by atoms with van der Waals surface area (Å²) >= 11 is 0. The van der Waals surface area contributed by atoms with Crippen LogP contribution in [0.15, 0.2) is 11.3 Å². The number of ether oxygens (including phenoxy) is 3. The van der Waals surface area contributed by atoms with Gasteiger partial charge in [-0.3, -0.25) is 9.59 Å². The summed E-state index contributed by atoms with van der Waals surface area (Å²) in [7, 11) is -6.35. The molecule has 3 fully saturated rings. The van der Waals surface area contributed by atoms with E-state index in [1.807, 2.05) is 0 Å². The summed E-state index contributed by atoms with van der Waals surface area (Å²) in [5.74, 6) is -4.34. The van der Waals surface area contributed by atoms with Crippen LogP contribution in [-0.4, -0.2) is 77.6 Å². The lowest BCUT2D eigenvalue weighted by molar-refractivity contribution is -0.325. The van der Waals surface area contributed by atoms with E-state index < -0.39 is 85.0 Å². The van der Waals surface area contributed by atoms with Crippen molar-refractivity contribution in [3.63, 3.8) is 0 Å². The highest BCUT2D eigenvalue weighted by Crippen LogP contribution is 2.77. The van der Waals surface area contributed by atoms with Gasteiger partial charge in [-0.15, -0.1) is 0 Å². The van der Waals surface area contributed by atoms with Crippen molar-refractivity contribution < 1.29 is 59.8 Å². The molecule has 0 amide bonds. The number of aliphatic hydroxyl groups is 2. The Morgan fingerprint density at radius 3 is 2.28 bits per heavy atom. The summed E-state index contributed by atoms with van der Waals surface area (Å²) in [5.41, 5.74) is -18.6. The van der Waals surface area contributed by atoms with Crippen LogP contribution in [0, 0.1) is 11.3 Å². The lowest BCUT2D eigenvalue weighted by atomic mass is 9.55. The molecule has 2 saturated carbocycles. The molecule has 2 N–H and O–H groups in total. The molecule has 36 heavy (non-hydrogen) atoms. The molecule has 3 aliphatic carbocycles. The smallest absolute Gasteiger partial charge is 0.449 e. The number of carbonyl (C=O) groups excluding carboxylic acids is 2. The molecule has 0 aromatic rings. The van der Waals surface area contributed by atoms with E-state index >= 15 is 0 Å². The second-order valence-corrected chi connectivity index (χ2v) is 11.6. The predicted molar refractivity (Wildman–Crippen MR) is 113 cm³/mol. The summed E-state index contributed by atoms with van der Waals surface area (Å²) in [5, 5.41) is 24.6. The van der Waals surface area contributed by atoms with E-state index in [9.17, 15) is 41.4 Å². The third-order valence-electron chi connectivity index (χ3n) is 8.62. The second kappa shape index (κ2) is 7.65. The van der Waals surface area contributed by atoms with Crippen molar-refractivity contribution in [1.29, 1.82) is 0 Å². The standard InChI is InChI=1S/C22H29F3O10S/c1-6-32-16-11(3)8-9-18(33-7-2)17(5)10-13(26)34-21(16,18)19(28)12(4)14(15(27)20(17,19)29)35-36(30,31)22(23,24)25/h11,16,28-29H,6-10H2,1-5H3/t11?,16?,17-,18?,19?,20-,21?/m0/s1. The van der Waals surface area contributed by atoms with Crippen molar-refractivity contribution in [2.45, 2.75) is 87.9 Å². The molecule has 4 rings (SSSR count). The Bertz CT molecular complexity index is 1150. The average Bonchev–Trinajstić information content (AvgIpc) is 2.94. The van der Waals surface area contributed by atoms with E-state index in [1.165, 1.54) is 6.92 Å². The van der Waals surface area contributed by atoms with Crippen molar-refractivity contribution in [2.24, 2.45) is 11.3 Å². The van der Waals surface area contributed by atoms with Crippen molar-refractivity contribution in [3.05, 3.63) is 11.3 Å². The van der Waals surface area contributed by atoms with Gasteiger partial charge in [0.1, 0.15) is 11.7 Å². The van der Waals surface area contributed by atoms with Crippen molar-refractivity contribution in [3.8, 4) is 0 Å². The maximum atomic E-state index is 13.7. The predicted octanol–water partition coefficient (Wildman–Crippen LogP) is 1.49. The Labute approximate surface area is 205 Å². The number of Topliss-reactive ketones (excluding diaryl/α,β-unsaturated/α-hetero) is 1. The molecule has 14 heteroatoms. The third kappa shape index (κ3) is 2.59. The van der Waals surface area contributed by atoms with Crippen molar-refractivity contribution >= 4 is 21.9 Å². The average molecular weight is 543 g/mol. The van der Waals surface area contributed by atoms with Gasteiger partial charge < -0.3 is 28.6 Å². The van der Waals surface area contributed by atoms with Gasteiger partial charge in [0.15, 0.2) is 17.0 Å². The normalized spacial score (nSPS) is 44.4. The zero-order valence-electron chi connectivity index (χ0n) is 20.4. The van der Waals surface area contributed by atoms with Gasteiger partial charge in [0.25, 0.3) is 0 Å². The molecular formula is C22H29F3O10S. The zero-order valence-corrected chi connectivity index (χ0v) is 21.2. The van der Waals surface area contributed by atoms with E-state index in [4.69, 9.17) is 14.2 Å². The van der Waals surface area contributed by atoms with Crippen LogP contribution in [0.3, 0.4) is 0 Å². The number of alkyl halides is 3. The van der Waals surface area contributed by atoms with Crippen LogP contribution in [-0.2, 0) is 38.1 Å². The number of esters is 1. The van der Waals surface area contributed by atoms with Gasteiger partial charge in [-0.1, -0.05) is 13.8 Å². The van der Waals surface area contributed by atoms with Crippen LogP contribution in [0.4, 0.5) is 13.2 Å². The van der Waals surface area contributed by atoms with Gasteiger partial charge in [0, 0.05) is 18.8 Å². The summed E-state index contributed by atoms with van der Waals surface area (Å²) in [6, 6.07) is 0. The minimum absolute atomic E-state index is 0.00294. The molecule has 10 nitrogen and oxygen atoms in total. The fraction of sp³-hybridized carbons (Fsp3) is 0.818. The monoisotopic (exact) mass is 542 g/mol. The molecule has 2 bridgehead atoms. The molecule has 1 aliphatic heterocycles. The Hall–Kier alpha value is -1.74. The van der Waals surface area contributed by atoms with Crippen LogP contribution < -0.4 is 0 Å². The maximum Gasteiger partial charge on any atom is 0.534 e. The number of halogens is 3. The van der Waals surface area contributed by atoms with Gasteiger partial charge in [-0.05, 0) is 39.5 Å². The first-order chi connectivity index (χ1) is 16.4. The lowest BCUT2D eigenvalue weighted by Gasteiger charge is -2.62. The van der Waals surface area contributed by atoms with Crippen LogP contribution in [0.1, 0.15) is 53.9 Å². The largest absolute Gasteiger partial charge is 0.534 e. The van der Waals surface area contributed by atoms with Gasteiger partial charge in [0.2, 0.25) is 11.4 Å². The third-order valence-corrected chi connectivity index (χ3v) is 9.58. The molecule has 0 aromatic carbocycles. The Kier molecular flexibility index (Phi) is 5.80. The Balaban J connectivity index is 2.11.